The second kappa shape index (κ2) is 5.13. The molecule has 19 heavy (non-hydrogen) atoms. The highest BCUT2D eigenvalue weighted by Crippen LogP contribution is 2.34. The number of aliphatic imine (C=N–C) groups is 1. The molecule has 1 N–H and O–H groups in total. The van der Waals surface area contributed by atoms with Crippen LogP contribution in [-0.4, -0.2) is 32.1 Å². The Balaban J connectivity index is 1.96. The molecule has 102 valence electrons. The first-order valence-corrected chi connectivity index (χ1v) is 6.22. The monoisotopic (exact) mass is 268 g/mol. The Labute approximate surface area is 109 Å². The van der Waals surface area contributed by atoms with Crippen LogP contribution in [0.15, 0.2) is 23.2 Å². The van der Waals surface area contributed by atoms with Crippen LogP contribution in [0.3, 0.4) is 0 Å². The van der Waals surface area contributed by atoms with Gasteiger partial charge in [-0.05, 0) is 18.1 Å². The molecule has 2 aliphatic heterocycles. The molecule has 0 saturated heterocycles. The summed E-state index contributed by atoms with van der Waals surface area (Å²) >= 11 is 0. The number of fused-ring (bicyclic) bond motifs is 1. The van der Waals surface area contributed by atoms with Gasteiger partial charge in [-0.15, -0.1) is 0 Å². The standard InChI is InChI=1S/C13H14F2N2O2/c14-13(15)19-10-3-1-2-9-8(10)4-7-18-11(9)12-16-5-6-17-12/h1-3,11,13H,4-7H2,(H,16,17). The Morgan fingerprint density at radius 2 is 2.32 bits per heavy atom. The second-order valence-corrected chi connectivity index (χ2v) is 4.40. The summed E-state index contributed by atoms with van der Waals surface area (Å²) in [5.74, 6) is 1.01. The van der Waals surface area contributed by atoms with Gasteiger partial charge < -0.3 is 14.8 Å². The van der Waals surface area contributed by atoms with Gasteiger partial charge in [-0.2, -0.15) is 8.78 Å². The Morgan fingerprint density at radius 3 is 3.05 bits per heavy atom. The number of rotatable bonds is 3. The Kier molecular flexibility index (Phi) is 3.33. The molecule has 0 aromatic heterocycles. The number of hydrogen-bond acceptors (Lipinski definition) is 4. The van der Waals surface area contributed by atoms with Gasteiger partial charge in [-0.25, -0.2) is 0 Å². The Bertz CT molecular complexity index is 505. The van der Waals surface area contributed by atoms with Crippen molar-refractivity contribution >= 4 is 5.84 Å². The van der Waals surface area contributed by atoms with Crippen molar-refractivity contribution in [3.05, 3.63) is 29.3 Å². The number of alkyl halides is 2. The summed E-state index contributed by atoms with van der Waals surface area (Å²) in [5.41, 5.74) is 1.65. The first kappa shape index (κ1) is 12.3. The summed E-state index contributed by atoms with van der Waals surface area (Å²) in [6.07, 6.45) is 0.273. The molecule has 0 spiro atoms. The molecule has 0 aliphatic carbocycles. The lowest BCUT2D eigenvalue weighted by atomic mass is 9.96. The number of nitrogens with one attached hydrogen (secondary N) is 1. The molecular formula is C13H14F2N2O2. The number of ether oxygens (including phenoxy) is 2. The van der Waals surface area contributed by atoms with Crippen LogP contribution in [0.25, 0.3) is 0 Å². The lowest BCUT2D eigenvalue weighted by Crippen LogP contribution is -2.31. The topological polar surface area (TPSA) is 42.9 Å². The van der Waals surface area contributed by atoms with Gasteiger partial charge in [0.2, 0.25) is 0 Å². The first-order chi connectivity index (χ1) is 9.25. The second-order valence-electron chi connectivity index (χ2n) is 4.40. The van der Waals surface area contributed by atoms with E-state index >= 15 is 0 Å². The molecule has 0 radical (unpaired) electrons. The van der Waals surface area contributed by atoms with Crippen molar-refractivity contribution in [2.75, 3.05) is 19.7 Å². The van der Waals surface area contributed by atoms with Crippen LogP contribution in [0.1, 0.15) is 17.2 Å². The molecule has 0 fully saturated rings. The van der Waals surface area contributed by atoms with E-state index in [9.17, 15) is 8.78 Å². The number of amidine groups is 1. The minimum absolute atomic E-state index is 0.236. The molecule has 2 aliphatic rings. The molecule has 2 heterocycles. The molecule has 1 aromatic rings. The SMILES string of the molecule is FC(F)Oc1cccc2c1CCOC2C1=NCCN1. The minimum atomic E-state index is -2.81. The maximum atomic E-state index is 12.4. The molecule has 1 aromatic carbocycles. The van der Waals surface area contributed by atoms with Crippen molar-refractivity contribution in [2.24, 2.45) is 4.99 Å². The third-order valence-electron chi connectivity index (χ3n) is 3.25. The van der Waals surface area contributed by atoms with Gasteiger partial charge in [0.1, 0.15) is 17.7 Å². The molecule has 0 amide bonds. The van der Waals surface area contributed by atoms with Gasteiger partial charge in [-0.3, -0.25) is 4.99 Å². The molecular weight excluding hydrogens is 254 g/mol. The van der Waals surface area contributed by atoms with E-state index in [1.54, 1.807) is 12.1 Å². The number of nitrogens with zero attached hydrogens (tertiary/aromatic N) is 1. The molecule has 0 saturated carbocycles. The number of halogens is 2. The van der Waals surface area contributed by atoms with Gasteiger partial charge >= 0.3 is 6.61 Å². The van der Waals surface area contributed by atoms with Crippen LogP contribution in [0.5, 0.6) is 5.75 Å². The highest BCUT2D eigenvalue weighted by molar-refractivity contribution is 5.89. The van der Waals surface area contributed by atoms with Gasteiger partial charge in [-0.1, -0.05) is 12.1 Å². The summed E-state index contributed by atoms with van der Waals surface area (Å²) in [6, 6.07) is 5.14. The fraction of sp³-hybridized carbons (Fsp3) is 0.462. The molecule has 3 rings (SSSR count). The summed E-state index contributed by atoms with van der Waals surface area (Å²) in [4.78, 5) is 4.34. The van der Waals surface area contributed by atoms with Crippen molar-refractivity contribution in [1.82, 2.24) is 5.32 Å². The maximum Gasteiger partial charge on any atom is 0.387 e. The number of hydrogen-bond donors (Lipinski definition) is 1. The predicted molar refractivity (Wildman–Crippen MR) is 65.8 cm³/mol. The van der Waals surface area contributed by atoms with Crippen molar-refractivity contribution in [2.45, 2.75) is 19.1 Å². The average molecular weight is 268 g/mol. The minimum Gasteiger partial charge on any atom is -0.435 e. The highest BCUT2D eigenvalue weighted by Gasteiger charge is 2.29. The van der Waals surface area contributed by atoms with Crippen LogP contribution in [-0.2, 0) is 11.2 Å². The largest absolute Gasteiger partial charge is 0.435 e. The zero-order chi connectivity index (χ0) is 13.2. The lowest BCUT2D eigenvalue weighted by Gasteiger charge is -2.27. The van der Waals surface area contributed by atoms with Gasteiger partial charge in [0.15, 0.2) is 0 Å². The zero-order valence-corrected chi connectivity index (χ0v) is 10.2. The average Bonchev–Trinajstić information content (AvgIpc) is 2.91. The van der Waals surface area contributed by atoms with Crippen LogP contribution in [0.2, 0.25) is 0 Å². The molecule has 1 unspecified atom stereocenters. The molecule has 1 atom stereocenters. The maximum absolute atomic E-state index is 12.4. The Morgan fingerprint density at radius 1 is 1.42 bits per heavy atom. The van der Waals surface area contributed by atoms with E-state index in [1.165, 1.54) is 0 Å². The van der Waals surface area contributed by atoms with Crippen molar-refractivity contribution in [1.29, 1.82) is 0 Å². The first-order valence-electron chi connectivity index (χ1n) is 6.22. The van der Waals surface area contributed by atoms with Crippen molar-refractivity contribution < 1.29 is 18.3 Å². The van der Waals surface area contributed by atoms with Gasteiger partial charge in [0.05, 0.1) is 13.2 Å². The van der Waals surface area contributed by atoms with E-state index in [2.05, 4.69) is 15.0 Å². The van der Waals surface area contributed by atoms with Crippen LogP contribution >= 0.6 is 0 Å². The van der Waals surface area contributed by atoms with Crippen LogP contribution in [0.4, 0.5) is 8.78 Å². The zero-order valence-electron chi connectivity index (χ0n) is 10.2. The van der Waals surface area contributed by atoms with E-state index in [0.29, 0.717) is 13.0 Å². The van der Waals surface area contributed by atoms with E-state index in [0.717, 1.165) is 30.1 Å². The van der Waals surface area contributed by atoms with E-state index in [4.69, 9.17) is 4.74 Å². The summed E-state index contributed by atoms with van der Waals surface area (Å²) in [5, 5.41) is 3.16. The van der Waals surface area contributed by atoms with E-state index < -0.39 is 6.61 Å². The number of benzene rings is 1. The fourth-order valence-corrected chi connectivity index (χ4v) is 2.49. The summed E-state index contributed by atoms with van der Waals surface area (Å²) in [6.45, 7) is -0.827. The highest BCUT2D eigenvalue weighted by atomic mass is 19.3. The molecule has 6 heteroatoms. The smallest absolute Gasteiger partial charge is 0.387 e. The quantitative estimate of drug-likeness (QED) is 0.910. The fourth-order valence-electron chi connectivity index (χ4n) is 2.49. The van der Waals surface area contributed by atoms with Crippen LogP contribution < -0.4 is 10.1 Å². The lowest BCUT2D eigenvalue weighted by molar-refractivity contribution is -0.0512. The normalized spacial score (nSPS) is 21.8. The summed E-state index contributed by atoms with van der Waals surface area (Å²) < 4.78 is 35.1. The molecule has 4 nitrogen and oxygen atoms in total. The van der Waals surface area contributed by atoms with Crippen molar-refractivity contribution in [3.8, 4) is 5.75 Å². The predicted octanol–water partition coefficient (Wildman–Crippen LogP) is 1.90. The van der Waals surface area contributed by atoms with E-state index in [1.807, 2.05) is 6.07 Å². The Hall–Kier alpha value is -1.69. The van der Waals surface area contributed by atoms with Gasteiger partial charge in [0.25, 0.3) is 0 Å². The van der Waals surface area contributed by atoms with Crippen LogP contribution in [0, 0.1) is 0 Å². The third-order valence-corrected chi connectivity index (χ3v) is 3.25. The third kappa shape index (κ3) is 2.40. The van der Waals surface area contributed by atoms with Crippen molar-refractivity contribution in [3.63, 3.8) is 0 Å². The molecule has 0 bridgehead atoms. The van der Waals surface area contributed by atoms with E-state index in [-0.39, 0.29) is 11.9 Å². The summed E-state index contributed by atoms with van der Waals surface area (Å²) in [7, 11) is 0. The van der Waals surface area contributed by atoms with Gasteiger partial charge in [0, 0.05) is 12.1 Å².